The number of halogens is 2. The summed E-state index contributed by atoms with van der Waals surface area (Å²) in [5.41, 5.74) is 2.35. The number of aromatic nitrogens is 1. The summed E-state index contributed by atoms with van der Waals surface area (Å²) in [4.78, 5) is 11.4. The van der Waals surface area contributed by atoms with Crippen molar-refractivity contribution in [2.45, 2.75) is 6.92 Å². The molecular weight excluding hydrogens is 257 g/mol. The highest BCUT2D eigenvalue weighted by molar-refractivity contribution is 6.35. The van der Waals surface area contributed by atoms with E-state index in [4.69, 9.17) is 23.2 Å². The number of rotatable bonds is 2. The molecule has 2 nitrogen and oxygen atoms in total. The quantitative estimate of drug-likeness (QED) is 0.748. The summed E-state index contributed by atoms with van der Waals surface area (Å²) >= 11 is 12.1. The minimum Gasteiger partial charge on any atom is -0.341 e. The molecule has 0 atom stereocenters. The summed E-state index contributed by atoms with van der Waals surface area (Å²) in [7, 11) is 1.84. The molecule has 0 bridgehead atoms. The maximum atomic E-state index is 11.4. The molecule has 0 aliphatic carbocycles. The van der Waals surface area contributed by atoms with E-state index in [1.165, 1.54) is 0 Å². The Bertz CT molecular complexity index is 587. The largest absolute Gasteiger partial charge is 0.341 e. The Hall–Kier alpha value is -1.25. The van der Waals surface area contributed by atoms with Gasteiger partial charge in [-0.25, -0.2) is 0 Å². The van der Waals surface area contributed by atoms with Gasteiger partial charge in [-0.15, -0.1) is 0 Å². The molecule has 0 aliphatic heterocycles. The van der Waals surface area contributed by atoms with Gasteiger partial charge in [-0.05, 0) is 30.3 Å². The standard InChI is InChI=1S/C13H11Cl2NO/c1-8(17)12-5-6-13(16(12)2)10-7-9(14)3-4-11(10)15/h3-7H,1-2H3. The molecule has 0 aliphatic rings. The number of carbonyl (C=O) groups excluding carboxylic acids is 1. The maximum absolute atomic E-state index is 11.4. The Morgan fingerprint density at radius 2 is 1.88 bits per heavy atom. The number of ketones is 1. The van der Waals surface area contributed by atoms with Crippen LogP contribution in [-0.4, -0.2) is 10.4 Å². The highest BCUT2D eigenvalue weighted by Crippen LogP contribution is 2.31. The molecule has 0 saturated carbocycles. The van der Waals surface area contributed by atoms with E-state index >= 15 is 0 Å². The molecule has 0 unspecified atom stereocenters. The van der Waals surface area contributed by atoms with E-state index in [2.05, 4.69) is 0 Å². The Morgan fingerprint density at radius 1 is 1.18 bits per heavy atom. The van der Waals surface area contributed by atoms with Crippen LogP contribution in [0.5, 0.6) is 0 Å². The minimum atomic E-state index is 0.0249. The van der Waals surface area contributed by atoms with Crippen LogP contribution in [0.3, 0.4) is 0 Å². The molecule has 4 heteroatoms. The van der Waals surface area contributed by atoms with Crippen LogP contribution in [0.4, 0.5) is 0 Å². The molecule has 0 N–H and O–H groups in total. The number of benzene rings is 1. The SMILES string of the molecule is CC(=O)c1ccc(-c2cc(Cl)ccc2Cl)n1C. The third-order valence-corrected chi connectivity index (χ3v) is 3.25. The van der Waals surface area contributed by atoms with E-state index in [-0.39, 0.29) is 5.78 Å². The van der Waals surface area contributed by atoms with Crippen molar-refractivity contribution in [2.24, 2.45) is 7.05 Å². The summed E-state index contributed by atoms with van der Waals surface area (Å²) in [6.07, 6.45) is 0. The van der Waals surface area contributed by atoms with Gasteiger partial charge in [0.25, 0.3) is 0 Å². The highest BCUT2D eigenvalue weighted by Gasteiger charge is 2.12. The Kier molecular flexibility index (Phi) is 3.27. The topological polar surface area (TPSA) is 22.0 Å². The van der Waals surface area contributed by atoms with Crippen LogP contribution in [0.1, 0.15) is 17.4 Å². The first-order valence-electron chi connectivity index (χ1n) is 5.13. The Morgan fingerprint density at radius 3 is 2.47 bits per heavy atom. The third-order valence-electron chi connectivity index (χ3n) is 2.69. The zero-order valence-electron chi connectivity index (χ0n) is 9.50. The van der Waals surface area contributed by atoms with Crippen molar-refractivity contribution >= 4 is 29.0 Å². The number of hydrogen-bond acceptors (Lipinski definition) is 1. The predicted octanol–water partition coefficient (Wildman–Crippen LogP) is 4.20. The summed E-state index contributed by atoms with van der Waals surface area (Å²) < 4.78 is 1.82. The van der Waals surface area contributed by atoms with E-state index in [0.29, 0.717) is 15.7 Å². The van der Waals surface area contributed by atoms with E-state index in [9.17, 15) is 4.79 Å². The van der Waals surface area contributed by atoms with Crippen LogP contribution in [0.2, 0.25) is 10.0 Å². The lowest BCUT2D eigenvalue weighted by Gasteiger charge is -2.08. The molecule has 0 saturated heterocycles. The minimum absolute atomic E-state index is 0.0249. The molecule has 1 heterocycles. The normalized spacial score (nSPS) is 10.6. The van der Waals surface area contributed by atoms with Gasteiger partial charge in [-0.3, -0.25) is 4.79 Å². The van der Waals surface area contributed by atoms with Crippen molar-refractivity contribution in [2.75, 3.05) is 0 Å². The van der Waals surface area contributed by atoms with E-state index in [0.717, 1.165) is 11.3 Å². The summed E-state index contributed by atoms with van der Waals surface area (Å²) in [6.45, 7) is 1.54. The van der Waals surface area contributed by atoms with Gasteiger partial charge in [-0.2, -0.15) is 0 Å². The molecule has 88 valence electrons. The second kappa shape index (κ2) is 4.55. The fraction of sp³-hybridized carbons (Fsp3) is 0.154. The van der Waals surface area contributed by atoms with Crippen molar-refractivity contribution in [3.63, 3.8) is 0 Å². The van der Waals surface area contributed by atoms with E-state index in [1.807, 2.05) is 17.7 Å². The first-order chi connectivity index (χ1) is 8.00. The van der Waals surface area contributed by atoms with Crippen LogP contribution in [0.15, 0.2) is 30.3 Å². The lowest BCUT2D eigenvalue weighted by Crippen LogP contribution is -2.02. The van der Waals surface area contributed by atoms with Gasteiger partial charge in [0.05, 0.1) is 5.69 Å². The van der Waals surface area contributed by atoms with E-state index < -0.39 is 0 Å². The van der Waals surface area contributed by atoms with Gasteiger partial charge in [0, 0.05) is 35.3 Å². The first-order valence-corrected chi connectivity index (χ1v) is 5.88. The zero-order valence-corrected chi connectivity index (χ0v) is 11.0. The summed E-state index contributed by atoms with van der Waals surface area (Å²) in [5, 5.41) is 1.24. The number of nitrogens with zero attached hydrogens (tertiary/aromatic N) is 1. The zero-order chi connectivity index (χ0) is 12.6. The Balaban J connectivity index is 2.61. The van der Waals surface area contributed by atoms with Crippen molar-refractivity contribution < 1.29 is 4.79 Å². The average Bonchev–Trinajstić information content (AvgIpc) is 2.64. The molecule has 17 heavy (non-hydrogen) atoms. The average molecular weight is 268 g/mol. The van der Waals surface area contributed by atoms with Gasteiger partial charge in [0.2, 0.25) is 0 Å². The number of carbonyl (C=O) groups is 1. The lowest BCUT2D eigenvalue weighted by atomic mass is 10.1. The third kappa shape index (κ3) is 2.24. The summed E-state index contributed by atoms with van der Waals surface area (Å²) in [6, 6.07) is 8.94. The molecule has 0 radical (unpaired) electrons. The van der Waals surface area contributed by atoms with Crippen molar-refractivity contribution in [1.29, 1.82) is 0 Å². The molecule has 0 spiro atoms. The highest BCUT2D eigenvalue weighted by atomic mass is 35.5. The molecule has 2 aromatic rings. The Labute approximate surface area is 110 Å². The van der Waals surface area contributed by atoms with Crippen LogP contribution >= 0.6 is 23.2 Å². The summed E-state index contributed by atoms with van der Waals surface area (Å²) in [5.74, 6) is 0.0249. The molecular formula is C13H11Cl2NO. The maximum Gasteiger partial charge on any atom is 0.176 e. The molecule has 1 aromatic carbocycles. The van der Waals surface area contributed by atoms with Gasteiger partial charge in [-0.1, -0.05) is 23.2 Å². The van der Waals surface area contributed by atoms with Gasteiger partial charge < -0.3 is 4.57 Å². The van der Waals surface area contributed by atoms with Crippen molar-refractivity contribution in [3.05, 3.63) is 46.1 Å². The van der Waals surface area contributed by atoms with Crippen LogP contribution in [-0.2, 0) is 7.05 Å². The first kappa shape index (κ1) is 12.2. The molecule has 0 amide bonds. The molecule has 1 aromatic heterocycles. The second-order valence-electron chi connectivity index (χ2n) is 3.84. The van der Waals surface area contributed by atoms with Crippen LogP contribution < -0.4 is 0 Å². The smallest absolute Gasteiger partial charge is 0.176 e. The van der Waals surface area contributed by atoms with Gasteiger partial charge in [0.1, 0.15) is 0 Å². The van der Waals surface area contributed by atoms with E-state index in [1.54, 1.807) is 31.2 Å². The van der Waals surface area contributed by atoms with Crippen LogP contribution in [0.25, 0.3) is 11.3 Å². The fourth-order valence-corrected chi connectivity index (χ4v) is 2.22. The van der Waals surface area contributed by atoms with Crippen LogP contribution in [0, 0.1) is 0 Å². The monoisotopic (exact) mass is 267 g/mol. The number of hydrogen-bond donors (Lipinski definition) is 0. The fourth-order valence-electron chi connectivity index (χ4n) is 1.83. The van der Waals surface area contributed by atoms with Gasteiger partial charge >= 0.3 is 0 Å². The van der Waals surface area contributed by atoms with Gasteiger partial charge in [0.15, 0.2) is 5.78 Å². The molecule has 2 rings (SSSR count). The van der Waals surface area contributed by atoms with Crippen molar-refractivity contribution in [1.82, 2.24) is 4.57 Å². The lowest BCUT2D eigenvalue weighted by molar-refractivity contribution is 0.101. The molecule has 0 fully saturated rings. The number of Topliss-reactive ketones (excluding diaryl/α,β-unsaturated/α-hetero) is 1. The van der Waals surface area contributed by atoms with Crippen molar-refractivity contribution in [3.8, 4) is 11.3 Å². The predicted molar refractivity (Wildman–Crippen MR) is 70.9 cm³/mol. The second-order valence-corrected chi connectivity index (χ2v) is 4.69.